The minimum atomic E-state index is -1.15. The van der Waals surface area contributed by atoms with Crippen molar-refractivity contribution in [2.45, 2.75) is 12.3 Å². The molecule has 8 nitrogen and oxygen atoms in total. The fourth-order valence-electron chi connectivity index (χ4n) is 3.11. The molecule has 0 spiro atoms. The quantitative estimate of drug-likeness (QED) is 0.527. The largest absolute Gasteiger partial charge is 0.326 e. The number of hydrogen-bond acceptors (Lipinski definition) is 5. The van der Waals surface area contributed by atoms with E-state index in [4.69, 9.17) is 0 Å². The van der Waals surface area contributed by atoms with Crippen molar-refractivity contribution in [2.24, 2.45) is 0 Å². The Hall–Kier alpha value is -4.08. The summed E-state index contributed by atoms with van der Waals surface area (Å²) in [7, 11) is 0. The van der Waals surface area contributed by atoms with Gasteiger partial charge < -0.3 is 16.0 Å². The van der Waals surface area contributed by atoms with E-state index in [1.54, 1.807) is 6.07 Å². The average Bonchev–Trinajstić information content (AvgIpc) is 2.70. The van der Waals surface area contributed by atoms with Crippen LogP contribution in [-0.2, 0) is 9.59 Å². The molecule has 1 aliphatic heterocycles. The molecule has 3 aromatic rings. The van der Waals surface area contributed by atoms with Crippen molar-refractivity contribution in [2.75, 3.05) is 16.0 Å². The fourth-order valence-corrected chi connectivity index (χ4v) is 3.11. The van der Waals surface area contributed by atoms with E-state index < -0.39 is 34.9 Å². The van der Waals surface area contributed by atoms with Gasteiger partial charge in [-0.1, -0.05) is 12.1 Å². The van der Waals surface area contributed by atoms with Gasteiger partial charge in [-0.2, -0.15) is 4.98 Å². The third-order valence-electron chi connectivity index (χ3n) is 4.51. The van der Waals surface area contributed by atoms with Gasteiger partial charge in [-0.3, -0.25) is 19.4 Å². The Kier molecular flexibility index (Phi) is 4.97. The number of para-hydroxylation sites is 1. The highest BCUT2D eigenvalue weighted by Gasteiger charge is 2.35. The molecule has 4 rings (SSSR count). The first-order chi connectivity index (χ1) is 14.4. The second kappa shape index (κ2) is 7.74. The van der Waals surface area contributed by atoms with Crippen molar-refractivity contribution < 1.29 is 18.4 Å². The van der Waals surface area contributed by atoms with Gasteiger partial charge in [0.2, 0.25) is 17.8 Å². The van der Waals surface area contributed by atoms with Crippen LogP contribution >= 0.6 is 0 Å². The summed E-state index contributed by atoms with van der Waals surface area (Å²) in [5, 5.41) is 7.67. The third-order valence-corrected chi connectivity index (χ3v) is 4.51. The normalized spacial score (nSPS) is 15.1. The summed E-state index contributed by atoms with van der Waals surface area (Å²) in [4.78, 5) is 44.1. The molecule has 1 atom stereocenters. The SMILES string of the molecule is O=C1CC(C(=O)Nc2ccccc2F)c2c(nc(Nc3ccc(F)cc3)[nH]c2=O)N1. The number of aromatic amines is 1. The van der Waals surface area contributed by atoms with Gasteiger partial charge in [0, 0.05) is 12.1 Å². The maximum Gasteiger partial charge on any atom is 0.258 e. The van der Waals surface area contributed by atoms with E-state index >= 15 is 0 Å². The maximum absolute atomic E-state index is 13.8. The minimum Gasteiger partial charge on any atom is -0.326 e. The van der Waals surface area contributed by atoms with Crippen LogP contribution in [0.2, 0.25) is 0 Å². The number of rotatable bonds is 4. The number of benzene rings is 2. The number of carbonyl (C=O) groups excluding carboxylic acids is 2. The second-order valence-corrected chi connectivity index (χ2v) is 6.58. The molecular weight excluding hydrogens is 396 g/mol. The van der Waals surface area contributed by atoms with Crippen molar-refractivity contribution in [3.63, 3.8) is 0 Å². The van der Waals surface area contributed by atoms with Gasteiger partial charge in [0.15, 0.2) is 0 Å². The number of nitrogens with zero attached hydrogens (tertiary/aromatic N) is 1. The Morgan fingerprint density at radius 1 is 1.07 bits per heavy atom. The van der Waals surface area contributed by atoms with Crippen LogP contribution in [0.5, 0.6) is 0 Å². The van der Waals surface area contributed by atoms with Gasteiger partial charge >= 0.3 is 0 Å². The second-order valence-electron chi connectivity index (χ2n) is 6.58. The van der Waals surface area contributed by atoms with Crippen LogP contribution in [0, 0.1) is 11.6 Å². The molecule has 152 valence electrons. The molecule has 2 heterocycles. The molecule has 2 amide bonds. The summed E-state index contributed by atoms with van der Waals surface area (Å²) in [6, 6.07) is 10.9. The van der Waals surface area contributed by atoms with E-state index in [0.717, 1.165) is 0 Å². The highest BCUT2D eigenvalue weighted by molar-refractivity contribution is 6.04. The summed E-state index contributed by atoms with van der Waals surface area (Å²) in [5.41, 5.74) is -0.282. The van der Waals surface area contributed by atoms with Crippen LogP contribution < -0.4 is 21.5 Å². The number of aromatic nitrogens is 2. The molecule has 1 aliphatic rings. The summed E-state index contributed by atoms with van der Waals surface area (Å²) >= 11 is 0. The zero-order valence-electron chi connectivity index (χ0n) is 15.3. The van der Waals surface area contributed by atoms with Gasteiger partial charge in [0.05, 0.1) is 17.2 Å². The molecular formula is C20H15F2N5O3. The Morgan fingerprint density at radius 2 is 1.80 bits per heavy atom. The van der Waals surface area contributed by atoms with E-state index in [1.165, 1.54) is 42.5 Å². The highest BCUT2D eigenvalue weighted by atomic mass is 19.1. The summed E-state index contributed by atoms with van der Waals surface area (Å²) in [6.45, 7) is 0. The number of anilines is 4. The van der Waals surface area contributed by atoms with Gasteiger partial charge in [0.25, 0.3) is 5.56 Å². The van der Waals surface area contributed by atoms with E-state index in [-0.39, 0.29) is 29.4 Å². The number of amides is 2. The van der Waals surface area contributed by atoms with Crippen LogP contribution in [0.15, 0.2) is 53.3 Å². The van der Waals surface area contributed by atoms with Crippen LogP contribution in [0.1, 0.15) is 17.9 Å². The molecule has 0 aliphatic carbocycles. The zero-order valence-corrected chi connectivity index (χ0v) is 15.3. The molecule has 0 radical (unpaired) electrons. The predicted octanol–water partition coefficient (Wildman–Crippen LogP) is 2.86. The van der Waals surface area contributed by atoms with Gasteiger partial charge in [-0.05, 0) is 36.4 Å². The number of carbonyl (C=O) groups is 2. The number of fused-ring (bicyclic) bond motifs is 1. The summed E-state index contributed by atoms with van der Waals surface area (Å²) in [6.07, 6.45) is -0.289. The number of hydrogen-bond donors (Lipinski definition) is 4. The topological polar surface area (TPSA) is 116 Å². The molecule has 10 heteroatoms. The van der Waals surface area contributed by atoms with E-state index in [0.29, 0.717) is 5.69 Å². The molecule has 0 fully saturated rings. The molecule has 1 unspecified atom stereocenters. The molecule has 4 N–H and O–H groups in total. The fraction of sp³-hybridized carbons (Fsp3) is 0.100. The third kappa shape index (κ3) is 3.88. The number of H-pyrrole nitrogens is 1. The van der Waals surface area contributed by atoms with Crippen molar-refractivity contribution in [1.29, 1.82) is 0 Å². The average molecular weight is 411 g/mol. The summed E-state index contributed by atoms with van der Waals surface area (Å²) < 4.78 is 26.9. The Bertz CT molecular complexity index is 1190. The first kappa shape index (κ1) is 19.2. The monoisotopic (exact) mass is 411 g/mol. The van der Waals surface area contributed by atoms with Gasteiger partial charge in [-0.15, -0.1) is 0 Å². The highest BCUT2D eigenvalue weighted by Crippen LogP contribution is 2.30. The molecule has 0 bridgehead atoms. The van der Waals surface area contributed by atoms with E-state index in [1.807, 2.05) is 0 Å². The molecule has 2 aromatic carbocycles. The summed E-state index contributed by atoms with van der Waals surface area (Å²) in [5.74, 6) is -3.51. The molecule has 0 saturated heterocycles. The lowest BCUT2D eigenvalue weighted by atomic mass is 9.92. The lowest BCUT2D eigenvalue weighted by Crippen LogP contribution is -2.36. The van der Waals surface area contributed by atoms with Crippen LogP contribution in [0.25, 0.3) is 0 Å². The predicted molar refractivity (Wildman–Crippen MR) is 106 cm³/mol. The van der Waals surface area contributed by atoms with Crippen LogP contribution in [0.4, 0.5) is 31.9 Å². The Labute approximate surface area is 168 Å². The van der Waals surface area contributed by atoms with E-state index in [9.17, 15) is 23.2 Å². The molecule has 1 aromatic heterocycles. The van der Waals surface area contributed by atoms with Crippen LogP contribution in [0.3, 0.4) is 0 Å². The first-order valence-corrected chi connectivity index (χ1v) is 8.93. The lowest BCUT2D eigenvalue weighted by Gasteiger charge is -2.23. The van der Waals surface area contributed by atoms with Crippen molar-refractivity contribution in [3.05, 3.63) is 76.1 Å². The van der Waals surface area contributed by atoms with Gasteiger partial charge in [-0.25, -0.2) is 8.78 Å². The van der Waals surface area contributed by atoms with Gasteiger partial charge in [0.1, 0.15) is 17.5 Å². The number of halogens is 2. The first-order valence-electron chi connectivity index (χ1n) is 8.93. The van der Waals surface area contributed by atoms with Crippen LogP contribution in [-0.4, -0.2) is 21.8 Å². The Balaban J connectivity index is 1.64. The van der Waals surface area contributed by atoms with Crippen molar-refractivity contribution in [1.82, 2.24) is 9.97 Å². The lowest BCUT2D eigenvalue weighted by molar-refractivity contribution is -0.123. The Morgan fingerprint density at radius 3 is 2.53 bits per heavy atom. The standard InChI is InChI=1S/C20H15F2N5O3/c21-10-5-7-11(8-6-10)23-20-26-17-16(19(30)27-20)12(9-15(28)25-17)18(29)24-14-4-2-1-3-13(14)22/h1-8,12H,9H2,(H,24,29)(H3,23,25,26,27,28,30). The van der Waals surface area contributed by atoms with Crippen molar-refractivity contribution in [3.8, 4) is 0 Å². The smallest absolute Gasteiger partial charge is 0.258 e. The molecule has 0 saturated carbocycles. The van der Waals surface area contributed by atoms with Crippen molar-refractivity contribution >= 4 is 35.0 Å². The molecule has 30 heavy (non-hydrogen) atoms. The zero-order chi connectivity index (χ0) is 21.3. The number of nitrogens with one attached hydrogen (secondary N) is 4. The van der Waals surface area contributed by atoms with E-state index in [2.05, 4.69) is 25.9 Å². The minimum absolute atomic E-state index is 0.000759. The maximum atomic E-state index is 13.8.